The lowest BCUT2D eigenvalue weighted by molar-refractivity contribution is -0.141. The van der Waals surface area contributed by atoms with Crippen LogP contribution < -0.4 is 14.8 Å². The van der Waals surface area contributed by atoms with Crippen molar-refractivity contribution < 1.29 is 23.5 Å². The molecule has 1 saturated carbocycles. The van der Waals surface area contributed by atoms with Crippen LogP contribution in [0.5, 0.6) is 11.5 Å². The van der Waals surface area contributed by atoms with Crippen LogP contribution in [0.1, 0.15) is 54.1 Å². The number of methoxy groups -OCH3 is 2. The van der Waals surface area contributed by atoms with E-state index in [0.717, 1.165) is 42.5 Å². The molecule has 0 bridgehead atoms. The Morgan fingerprint density at radius 2 is 1.81 bits per heavy atom. The van der Waals surface area contributed by atoms with Crippen molar-refractivity contribution in [2.75, 3.05) is 14.2 Å². The zero-order valence-electron chi connectivity index (χ0n) is 21.2. The van der Waals surface area contributed by atoms with E-state index in [1.54, 1.807) is 42.3 Å². The van der Waals surface area contributed by atoms with Crippen molar-refractivity contribution in [2.24, 2.45) is 0 Å². The number of benzene rings is 2. The van der Waals surface area contributed by atoms with Gasteiger partial charge in [0.15, 0.2) is 0 Å². The topological polar surface area (TPSA) is 67.9 Å². The summed E-state index contributed by atoms with van der Waals surface area (Å²) in [7, 11) is 3.10. The number of ether oxygens (including phenoxy) is 2. The van der Waals surface area contributed by atoms with Gasteiger partial charge in [0.1, 0.15) is 23.4 Å². The number of thiophene rings is 1. The molecule has 1 aliphatic carbocycles. The summed E-state index contributed by atoms with van der Waals surface area (Å²) >= 11 is 1.50. The summed E-state index contributed by atoms with van der Waals surface area (Å²) in [5.41, 5.74) is 1.29. The maximum Gasteiger partial charge on any atom is 0.247 e. The van der Waals surface area contributed by atoms with E-state index in [1.807, 2.05) is 17.5 Å². The summed E-state index contributed by atoms with van der Waals surface area (Å²) in [6, 6.07) is 14.2. The van der Waals surface area contributed by atoms with E-state index in [1.165, 1.54) is 30.6 Å². The fourth-order valence-electron chi connectivity index (χ4n) is 4.80. The summed E-state index contributed by atoms with van der Waals surface area (Å²) in [5.74, 6) is 0.229. The highest BCUT2D eigenvalue weighted by Crippen LogP contribution is 2.35. The Balaban J connectivity index is 1.76. The molecule has 1 fully saturated rings. The third-order valence-corrected chi connectivity index (χ3v) is 7.62. The molecule has 0 aliphatic heterocycles. The van der Waals surface area contributed by atoms with Crippen LogP contribution in [0.2, 0.25) is 0 Å². The maximum absolute atomic E-state index is 14.0. The van der Waals surface area contributed by atoms with E-state index in [4.69, 9.17) is 9.47 Å². The number of nitrogens with zero attached hydrogens (tertiary/aromatic N) is 1. The first-order chi connectivity index (χ1) is 18.0. The van der Waals surface area contributed by atoms with E-state index < -0.39 is 6.04 Å². The molecule has 1 atom stereocenters. The van der Waals surface area contributed by atoms with Crippen molar-refractivity contribution >= 4 is 23.2 Å². The van der Waals surface area contributed by atoms with Crippen LogP contribution in [0.15, 0.2) is 60.0 Å². The van der Waals surface area contributed by atoms with Crippen molar-refractivity contribution in [1.82, 2.24) is 10.2 Å². The third kappa shape index (κ3) is 6.89. The lowest BCUT2D eigenvalue weighted by atomic mass is 9.94. The summed E-state index contributed by atoms with van der Waals surface area (Å²) in [4.78, 5) is 30.3. The second-order valence-corrected chi connectivity index (χ2v) is 10.3. The molecule has 37 heavy (non-hydrogen) atoms. The highest BCUT2D eigenvalue weighted by Gasteiger charge is 2.35. The molecule has 196 valence electrons. The molecule has 1 N–H and O–H groups in total. The van der Waals surface area contributed by atoms with Gasteiger partial charge in [-0.15, -0.1) is 11.3 Å². The maximum atomic E-state index is 14.0. The average Bonchev–Trinajstić information content (AvgIpc) is 3.43. The third-order valence-electron chi connectivity index (χ3n) is 6.74. The smallest absolute Gasteiger partial charge is 0.247 e. The SMILES string of the molecule is COc1ccc([C@H](C(=O)NC2CCCCC2)N(Cc2ccc(F)cc2)C(=O)Cc2cccs2)c(OC)c1. The predicted molar refractivity (Wildman–Crippen MR) is 142 cm³/mol. The van der Waals surface area contributed by atoms with Gasteiger partial charge >= 0.3 is 0 Å². The minimum absolute atomic E-state index is 0.0630. The second kappa shape index (κ2) is 12.7. The Kier molecular flexibility index (Phi) is 9.17. The second-order valence-electron chi connectivity index (χ2n) is 9.26. The first-order valence-electron chi connectivity index (χ1n) is 12.6. The Hall–Kier alpha value is -3.39. The number of halogens is 1. The van der Waals surface area contributed by atoms with E-state index in [2.05, 4.69) is 5.32 Å². The van der Waals surface area contributed by atoms with Crippen molar-refractivity contribution in [3.05, 3.63) is 81.8 Å². The van der Waals surface area contributed by atoms with Crippen LogP contribution in [-0.4, -0.2) is 37.0 Å². The van der Waals surface area contributed by atoms with Gasteiger partial charge in [-0.3, -0.25) is 9.59 Å². The van der Waals surface area contributed by atoms with E-state index >= 15 is 0 Å². The molecule has 1 aromatic heterocycles. The standard InChI is InChI=1S/C29H33FN2O4S/c1-35-23-14-15-25(26(17-23)36-2)28(29(34)31-22-7-4-3-5-8-22)32(19-20-10-12-21(30)13-11-20)27(33)18-24-9-6-16-37-24/h6,9-17,22,28H,3-5,7-8,18-19H2,1-2H3,(H,31,34)/t28-/m1/s1. The molecule has 0 radical (unpaired) electrons. The molecule has 4 rings (SSSR count). The molecule has 8 heteroatoms. The number of amides is 2. The molecule has 1 heterocycles. The van der Waals surface area contributed by atoms with Gasteiger partial charge in [0.25, 0.3) is 0 Å². The summed E-state index contributed by atoms with van der Waals surface area (Å²) in [5, 5.41) is 5.13. The number of carbonyl (C=O) groups is 2. The molecule has 3 aromatic rings. The number of hydrogen-bond donors (Lipinski definition) is 1. The zero-order valence-corrected chi connectivity index (χ0v) is 22.1. The zero-order chi connectivity index (χ0) is 26.2. The Morgan fingerprint density at radius 3 is 2.46 bits per heavy atom. The van der Waals surface area contributed by atoms with Gasteiger partial charge in [-0.05, 0) is 54.1 Å². The highest BCUT2D eigenvalue weighted by molar-refractivity contribution is 7.10. The Morgan fingerprint density at radius 1 is 1.05 bits per heavy atom. The molecule has 0 saturated heterocycles. The fourth-order valence-corrected chi connectivity index (χ4v) is 5.49. The van der Waals surface area contributed by atoms with Crippen molar-refractivity contribution in [3.63, 3.8) is 0 Å². The van der Waals surface area contributed by atoms with Gasteiger partial charge in [0.2, 0.25) is 11.8 Å². The van der Waals surface area contributed by atoms with E-state index in [9.17, 15) is 14.0 Å². The highest BCUT2D eigenvalue weighted by atomic mass is 32.1. The largest absolute Gasteiger partial charge is 0.497 e. The fraction of sp³-hybridized carbons (Fsp3) is 0.379. The van der Waals surface area contributed by atoms with Gasteiger partial charge < -0.3 is 19.7 Å². The molecule has 1 aliphatic rings. The first-order valence-corrected chi connectivity index (χ1v) is 13.4. The Bertz CT molecular complexity index is 1180. The molecule has 6 nitrogen and oxygen atoms in total. The number of carbonyl (C=O) groups excluding carboxylic acids is 2. The quantitative estimate of drug-likeness (QED) is 0.371. The van der Waals surface area contributed by atoms with E-state index in [-0.39, 0.29) is 36.6 Å². The number of rotatable bonds is 10. The van der Waals surface area contributed by atoms with Crippen LogP contribution in [0.3, 0.4) is 0 Å². The van der Waals surface area contributed by atoms with Gasteiger partial charge in [-0.2, -0.15) is 0 Å². The van der Waals surface area contributed by atoms with Gasteiger partial charge in [-0.25, -0.2) is 4.39 Å². The van der Waals surface area contributed by atoms with Crippen molar-refractivity contribution in [2.45, 2.75) is 57.2 Å². The number of hydrogen-bond acceptors (Lipinski definition) is 5. The first kappa shape index (κ1) is 26.7. The lowest BCUT2D eigenvalue weighted by Gasteiger charge is -2.34. The predicted octanol–water partition coefficient (Wildman–Crippen LogP) is 5.67. The number of nitrogens with one attached hydrogen (secondary N) is 1. The summed E-state index contributed by atoms with van der Waals surface area (Å²) in [6.45, 7) is 0.141. The van der Waals surface area contributed by atoms with E-state index in [0.29, 0.717) is 17.1 Å². The molecular formula is C29H33FN2O4S. The van der Waals surface area contributed by atoms with Gasteiger partial charge in [0, 0.05) is 29.1 Å². The average molecular weight is 525 g/mol. The molecule has 0 spiro atoms. The summed E-state index contributed by atoms with van der Waals surface area (Å²) in [6.07, 6.45) is 5.29. The molecule has 0 unspecified atom stereocenters. The van der Waals surface area contributed by atoms with Crippen LogP contribution in [0.4, 0.5) is 4.39 Å². The Labute approximate surface area is 221 Å². The lowest BCUT2D eigenvalue weighted by Crippen LogP contribution is -2.47. The minimum atomic E-state index is -0.944. The van der Waals surface area contributed by atoms with Crippen LogP contribution in [0.25, 0.3) is 0 Å². The van der Waals surface area contributed by atoms with Crippen LogP contribution in [-0.2, 0) is 22.6 Å². The molecular weight excluding hydrogens is 491 g/mol. The van der Waals surface area contributed by atoms with Crippen molar-refractivity contribution in [1.29, 1.82) is 0 Å². The molecule has 2 aromatic carbocycles. The normalized spacial score (nSPS) is 14.6. The molecule has 2 amide bonds. The van der Waals surface area contributed by atoms with Crippen molar-refractivity contribution in [3.8, 4) is 11.5 Å². The van der Waals surface area contributed by atoms with Gasteiger partial charge in [-0.1, -0.05) is 37.5 Å². The van der Waals surface area contributed by atoms with Crippen LogP contribution >= 0.6 is 11.3 Å². The minimum Gasteiger partial charge on any atom is -0.497 e. The van der Waals surface area contributed by atoms with Crippen LogP contribution in [0, 0.1) is 5.82 Å². The van der Waals surface area contributed by atoms with Gasteiger partial charge in [0.05, 0.1) is 20.6 Å². The summed E-state index contributed by atoms with van der Waals surface area (Å²) < 4.78 is 24.7. The monoisotopic (exact) mass is 524 g/mol.